The van der Waals surface area contributed by atoms with Crippen molar-refractivity contribution >= 4 is 82.3 Å². The second-order valence-corrected chi connectivity index (χ2v) is 22.4. The number of nitrogens with zero attached hydrogens (tertiary/aromatic N) is 3. The number of para-hydroxylation sites is 1. The van der Waals surface area contributed by atoms with Crippen LogP contribution in [0.15, 0.2) is 132 Å². The Morgan fingerprint density at radius 1 is 0.769 bits per heavy atom. The molecule has 52 heavy (non-hydrogen) atoms. The van der Waals surface area contributed by atoms with Gasteiger partial charge >= 0.3 is 326 Å². The van der Waals surface area contributed by atoms with Crippen LogP contribution in [0.4, 0.5) is 0 Å². The third-order valence-corrected chi connectivity index (χ3v) is 19.6. The third kappa shape index (κ3) is 5.82. The van der Waals surface area contributed by atoms with E-state index >= 15 is 0 Å². The average molecular weight is 1020 g/mol. The standard InChI is InChI=1S/C45H37I3N3O/c1-28-15-11-13-21-35(28)45(3,46-4)36-27-48-43-34(26-47-29(36)2)41-39(24-23-33-32-20-12-14-22-40(32)52-42(33)41)51(43)44-49-37(30-16-7-5-8-17-30)25-38(50-44)31-18-9-6-10-19-31/h5-27,29,36H,1-4H3/q-1/t29-,36?,45?/m1/s1. The van der Waals surface area contributed by atoms with Gasteiger partial charge in [-0.15, -0.1) is 0 Å². The molecule has 2 unspecified atom stereocenters. The van der Waals surface area contributed by atoms with Crippen molar-refractivity contribution in [1.82, 2.24) is 14.5 Å². The molecular weight excluding hydrogens is 979 g/mol. The van der Waals surface area contributed by atoms with Crippen molar-refractivity contribution in [3.05, 3.63) is 148 Å². The van der Waals surface area contributed by atoms with E-state index in [-0.39, 0.29) is 45.4 Å². The zero-order chi connectivity index (χ0) is 35.4. The van der Waals surface area contributed by atoms with Crippen molar-refractivity contribution < 1.29 is 25.6 Å². The summed E-state index contributed by atoms with van der Waals surface area (Å²) in [4.78, 5) is 13.3. The summed E-state index contributed by atoms with van der Waals surface area (Å²) in [6.07, 6.45) is 0. The molecular formula is C45H37I3N3O-. The van der Waals surface area contributed by atoms with Crippen LogP contribution in [0.1, 0.15) is 30.5 Å². The van der Waals surface area contributed by atoms with E-state index in [0.717, 1.165) is 55.9 Å². The van der Waals surface area contributed by atoms with Gasteiger partial charge in [0.15, 0.2) is 0 Å². The van der Waals surface area contributed by atoms with Gasteiger partial charge in [-0.1, -0.05) is 12.1 Å². The molecule has 5 aromatic carbocycles. The Morgan fingerprint density at radius 2 is 1.42 bits per heavy atom. The fourth-order valence-corrected chi connectivity index (χ4v) is 19.4. The number of halogens is 3. The van der Waals surface area contributed by atoms with E-state index in [1.165, 1.54) is 25.8 Å². The summed E-state index contributed by atoms with van der Waals surface area (Å²) in [7, 11) is 0. The van der Waals surface area contributed by atoms with E-state index in [0.29, 0.717) is 9.84 Å². The molecule has 0 aliphatic carbocycles. The van der Waals surface area contributed by atoms with Gasteiger partial charge in [0.05, 0.1) is 0 Å². The van der Waals surface area contributed by atoms with Gasteiger partial charge in [-0.25, -0.2) is 0 Å². The molecule has 1 aliphatic heterocycles. The number of fused-ring (bicyclic) bond motifs is 7. The van der Waals surface area contributed by atoms with Crippen molar-refractivity contribution in [3.63, 3.8) is 0 Å². The quantitative estimate of drug-likeness (QED) is 0.124. The number of aryl methyl sites for hydroxylation is 1. The number of alkyl halides is 3. The predicted molar refractivity (Wildman–Crippen MR) is 232 cm³/mol. The first-order valence-corrected chi connectivity index (χ1v) is 25.5. The van der Waals surface area contributed by atoms with E-state index < -0.39 is 20.7 Å². The second kappa shape index (κ2) is 14.0. The van der Waals surface area contributed by atoms with E-state index in [9.17, 15) is 0 Å². The number of hydrogen-bond acceptors (Lipinski definition) is 3. The van der Waals surface area contributed by atoms with Crippen molar-refractivity contribution in [1.29, 1.82) is 0 Å². The minimum absolute atomic E-state index is 0.106. The Kier molecular flexibility index (Phi) is 9.23. The first-order chi connectivity index (χ1) is 25.4. The van der Waals surface area contributed by atoms with Crippen LogP contribution in [-0.2, 0) is 3.42 Å². The van der Waals surface area contributed by atoms with Crippen LogP contribution in [0.2, 0.25) is 0 Å². The first-order valence-electron chi connectivity index (χ1n) is 17.4. The number of rotatable bonds is 6. The fraction of sp³-hybridized carbons (Fsp3) is 0.156. The van der Waals surface area contributed by atoms with Crippen LogP contribution in [0.5, 0.6) is 0 Å². The molecule has 0 spiro atoms. The molecule has 1 aliphatic rings. The molecule has 0 N–H and O–H groups in total. The average Bonchev–Trinajstić information content (AvgIpc) is 3.72. The summed E-state index contributed by atoms with van der Waals surface area (Å²) in [6, 6.07) is 45.2. The van der Waals surface area contributed by atoms with Crippen LogP contribution in [0, 0.1) is 16.5 Å². The molecule has 8 aromatic rings. The maximum atomic E-state index is 6.77. The Bertz CT molecular complexity index is 2620. The van der Waals surface area contributed by atoms with Crippen LogP contribution < -0.4 is 21.2 Å². The van der Waals surface area contributed by atoms with E-state index in [4.69, 9.17) is 14.4 Å². The maximum absolute atomic E-state index is 6.77. The van der Waals surface area contributed by atoms with Crippen LogP contribution in [0.25, 0.3) is 61.3 Å². The van der Waals surface area contributed by atoms with Crippen molar-refractivity contribution in [2.24, 2.45) is 5.92 Å². The van der Waals surface area contributed by atoms with Gasteiger partial charge in [-0.05, 0) is 0 Å². The molecule has 9 rings (SSSR count). The molecule has 3 atom stereocenters. The van der Waals surface area contributed by atoms with Gasteiger partial charge < -0.3 is 0 Å². The van der Waals surface area contributed by atoms with E-state index in [1.54, 1.807) is 0 Å². The third-order valence-electron chi connectivity index (χ3n) is 10.4. The van der Waals surface area contributed by atoms with Gasteiger partial charge in [0.2, 0.25) is 0 Å². The Morgan fingerprint density at radius 3 is 2.12 bits per heavy atom. The van der Waals surface area contributed by atoms with Crippen molar-refractivity contribution in [2.75, 3.05) is 4.93 Å². The molecule has 4 nitrogen and oxygen atoms in total. The first kappa shape index (κ1) is 34.2. The Hall–Kier alpha value is -3.55. The van der Waals surface area contributed by atoms with Gasteiger partial charge in [-0.2, -0.15) is 0 Å². The summed E-state index contributed by atoms with van der Waals surface area (Å²) >= 11 is -0.995. The topological polar surface area (TPSA) is 43.9 Å². The SMILES string of the molecule is C[I-]C(C)(c1ccccc1C)C1C=Ic2c(c3c4oc5ccccc5c4ccc3n2-c2nc(-c3ccccc3)cc(-c3ccccc3)n2)C=I[C@@H]1C. The van der Waals surface area contributed by atoms with E-state index in [1.807, 2.05) is 0 Å². The minimum atomic E-state index is -0.578. The molecule has 0 radical (unpaired) electrons. The van der Waals surface area contributed by atoms with Crippen LogP contribution in [0.3, 0.4) is 0 Å². The molecule has 260 valence electrons. The molecule has 0 fully saturated rings. The van der Waals surface area contributed by atoms with Crippen molar-refractivity contribution in [3.8, 4) is 28.5 Å². The van der Waals surface area contributed by atoms with E-state index in [2.05, 4.69) is 166 Å². The van der Waals surface area contributed by atoms with Crippen LogP contribution >= 0.6 is 41.5 Å². The Balaban J connectivity index is 1.35. The molecule has 4 heterocycles. The number of furan rings is 1. The number of hydrogen-bond donors (Lipinski definition) is 0. The Labute approximate surface area is 334 Å². The molecule has 7 heteroatoms. The molecule has 0 saturated carbocycles. The second-order valence-electron chi connectivity index (χ2n) is 13.4. The van der Waals surface area contributed by atoms with Gasteiger partial charge in [0.25, 0.3) is 0 Å². The zero-order valence-corrected chi connectivity index (χ0v) is 35.8. The molecule has 0 bridgehead atoms. The molecule has 0 saturated heterocycles. The van der Waals surface area contributed by atoms with Gasteiger partial charge in [-0.3, -0.25) is 0 Å². The summed E-state index contributed by atoms with van der Waals surface area (Å²) in [5.41, 5.74) is 11.3. The molecule has 3 aromatic heterocycles. The fourth-order valence-electron chi connectivity index (χ4n) is 7.55. The zero-order valence-electron chi connectivity index (χ0n) is 29.3. The predicted octanol–water partition coefficient (Wildman–Crippen LogP) is 8.68. The summed E-state index contributed by atoms with van der Waals surface area (Å²) in [6.45, 7) is 7.37. The number of aromatic nitrogens is 3. The number of benzene rings is 5. The summed E-state index contributed by atoms with van der Waals surface area (Å²) in [5.74, 6) is 1.22. The van der Waals surface area contributed by atoms with Crippen LogP contribution in [-0.4, -0.2) is 31.4 Å². The van der Waals surface area contributed by atoms with Gasteiger partial charge in [0, 0.05) is 0 Å². The van der Waals surface area contributed by atoms with Gasteiger partial charge in [0.1, 0.15) is 0 Å². The monoisotopic (exact) mass is 1020 g/mol. The van der Waals surface area contributed by atoms with Crippen molar-refractivity contribution in [2.45, 2.75) is 28.1 Å². The molecule has 0 amide bonds. The summed E-state index contributed by atoms with van der Waals surface area (Å²) < 4.78 is 16.7. The normalized spacial score (nSPS) is 17.3. The summed E-state index contributed by atoms with van der Waals surface area (Å²) in [5, 5.41) is 3.52.